The third-order valence-corrected chi connectivity index (χ3v) is 4.31. The van der Waals surface area contributed by atoms with Crippen LogP contribution in [0.15, 0.2) is 12.1 Å². The fraction of sp³-hybridized carbons (Fsp3) is 0.600. The average molecular weight is 284 g/mol. The van der Waals surface area contributed by atoms with Crippen molar-refractivity contribution in [3.05, 3.63) is 23.3 Å². The number of fused-ring (bicyclic) bond motifs is 3. The lowest BCUT2D eigenvalue weighted by Crippen LogP contribution is -2.47. The number of piperidine rings is 1. The predicted molar refractivity (Wildman–Crippen MR) is 78.9 cm³/mol. The molecule has 0 saturated carbocycles. The van der Waals surface area contributed by atoms with Gasteiger partial charge in [-0.1, -0.05) is 0 Å². The van der Waals surface area contributed by atoms with Crippen molar-refractivity contribution in [1.82, 2.24) is 4.90 Å². The Labute approximate surface area is 121 Å². The maximum absolute atomic E-state index is 5.96. The van der Waals surface area contributed by atoms with Crippen LogP contribution in [0.1, 0.15) is 29.9 Å². The van der Waals surface area contributed by atoms with E-state index in [2.05, 4.69) is 31.0 Å². The Bertz CT molecular complexity index is 446. The van der Waals surface area contributed by atoms with Crippen LogP contribution in [0.5, 0.6) is 11.5 Å². The van der Waals surface area contributed by atoms with E-state index in [0.29, 0.717) is 12.0 Å². The minimum Gasteiger partial charge on any atom is -0.496 e. The molecule has 0 bridgehead atoms. The lowest BCUT2D eigenvalue weighted by atomic mass is 9.81. The summed E-state index contributed by atoms with van der Waals surface area (Å²) < 4.78 is 11.5. The summed E-state index contributed by atoms with van der Waals surface area (Å²) in [5, 5.41) is 0. The molecule has 1 saturated heterocycles. The Morgan fingerprint density at radius 3 is 2.89 bits per heavy atom. The summed E-state index contributed by atoms with van der Waals surface area (Å²) in [6, 6.07) is 4.77. The van der Waals surface area contributed by atoms with Gasteiger partial charge in [0.1, 0.15) is 18.1 Å². The zero-order chi connectivity index (χ0) is 12.7. The van der Waals surface area contributed by atoms with Gasteiger partial charge in [-0.05, 0) is 51.1 Å². The minimum atomic E-state index is 0. The molecule has 0 unspecified atom stereocenters. The highest BCUT2D eigenvalue weighted by atomic mass is 35.5. The van der Waals surface area contributed by atoms with Crippen molar-refractivity contribution < 1.29 is 9.47 Å². The van der Waals surface area contributed by atoms with Gasteiger partial charge in [-0.3, -0.25) is 4.90 Å². The SMILES string of the molecule is COc1cc(C)cc2c1[C@H]1CCCN(C)[C@@H]1CO2.Cl. The molecule has 3 nitrogen and oxygen atoms in total. The molecular weight excluding hydrogens is 262 g/mol. The maximum atomic E-state index is 5.96. The summed E-state index contributed by atoms with van der Waals surface area (Å²) in [7, 11) is 3.96. The maximum Gasteiger partial charge on any atom is 0.126 e. The molecule has 2 aliphatic heterocycles. The lowest BCUT2D eigenvalue weighted by Gasteiger charge is -2.43. The van der Waals surface area contributed by atoms with E-state index in [1.165, 1.54) is 30.5 Å². The van der Waals surface area contributed by atoms with Gasteiger partial charge in [-0.25, -0.2) is 0 Å². The van der Waals surface area contributed by atoms with Crippen LogP contribution in [0, 0.1) is 6.92 Å². The Balaban J connectivity index is 0.00000133. The number of nitrogens with zero attached hydrogens (tertiary/aromatic N) is 1. The third-order valence-electron chi connectivity index (χ3n) is 4.31. The van der Waals surface area contributed by atoms with Crippen molar-refractivity contribution in [1.29, 1.82) is 0 Å². The molecule has 4 heteroatoms. The number of methoxy groups -OCH3 is 1. The minimum absolute atomic E-state index is 0. The summed E-state index contributed by atoms with van der Waals surface area (Å²) in [5.41, 5.74) is 2.49. The van der Waals surface area contributed by atoms with Gasteiger partial charge in [0.15, 0.2) is 0 Å². The van der Waals surface area contributed by atoms with Crippen molar-refractivity contribution >= 4 is 12.4 Å². The average Bonchev–Trinajstić information content (AvgIpc) is 2.37. The first-order valence-corrected chi connectivity index (χ1v) is 6.72. The molecule has 1 aromatic rings. The molecule has 0 N–H and O–H groups in total. The number of likely N-dealkylation sites (N-methyl/N-ethyl adjacent to an activating group) is 1. The van der Waals surface area contributed by atoms with Crippen LogP contribution in [0.2, 0.25) is 0 Å². The molecule has 0 aromatic heterocycles. The lowest BCUT2D eigenvalue weighted by molar-refractivity contribution is 0.0852. The zero-order valence-electron chi connectivity index (χ0n) is 11.8. The second-order valence-electron chi connectivity index (χ2n) is 5.49. The van der Waals surface area contributed by atoms with E-state index < -0.39 is 0 Å². The molecule has 2 heterocycles. The Morgan fingerprint density at radius 2 is 2.16 bits per heavy atom. The van der Waals surface area contributed by atoms with Crippen molar-refractivity contribution in [3.63, 3.8) is 0 Å². The van der Waals surface area contributed by atoms with Gasteiger partial charge >= 0.3 is 0 Å². The Morgan fingerprint density at radius 1 is 1.37 bits per heavy atom. The first-order chi connectivity index (χ1) is 8.70. The molecule has 0 amide bonds. The van der Waals surface area contributed by atoms with Crippen LogP contribution in [-0.2, 0) is 0 Å². The van der Waals surface area contributed by atoms with Crippen LogP contribution in [0.4, 0.5) is 0 Å². The van der Waals surface area contributed by atoms with Crippen LogP contribution >= 0.6 is 12.4 Å². The number of aryl methyl sites for hydroxylation is 1. The van der Waals surface area contributed by atoms with Gasteiger partial charge in [-0.15, -0.1) is 12.4 Å². The molecule has 3 rings (SSSR count). The summed E-state index contributed by atoms with van der Waals surface area (Å²) in [6.07, 6.45) is 2.50. The monoisotopic (exact) mass is 283 g/mol. The van der Waals surface area contributed by atoms with Gasteiger partial charge in [-0.2, -0.15) is 0 Å². The van der Waals surface area contributed by atoms with Crippen LogP contribution in [0.3, 0.4) is 0 Å². The number of rotatable bonds is 1. The highest BCUT2D eigenvalue weighted by Crippen LogP contribution is 2.45. The molecule has 2 aliphatic rings. The van der Waals surface area contributed by atoms with Gasteiger partial charge in [0.05, 0.1) is 13.2 Å². The number of likely N-dealkylation sites (tertiary alicyclic amines) is 1. The number of hydrogen-bond donors (Lipinski definition) is 0. The summed E-state index contributed by atoms with van der Waals surface area (Å²) in [6.45, 7) is 4.07. The Kier molecular flexibility index (Phi) is 4.26. The number of hydrogen-bond acceptors (Lipinski definition) is 3. The number of halogens is 1. The van der Waals surface area contributed by atoms with Crippen molar-refractivity contribution in [2.75, 3.05) is 27.3 Å². The largest absolute Gasteiger partial charge is 0.496 e. The predicted octanol–water partition coefficient (Wildman–Crippen LogP) is 3.00. The normalized spacial score (nSPS) is 25.6. The molecule has 19 heavy (non-hydrogen) atoms. The van der Waals surface area contributed by atoms with Gasteiger partial charge in [0.25, 0.3) is 0 Å². The van der Waals surface area contributed by atoms with E-state index in [4.69, 9.17) is 9.47 Å². The highest BCUT2D eigenvalue weighted by molar-refractivity contribution is 5.85. The van der Waals surface area contributed by atoms with Crippen LogP contribution < -0.4 is 9.47 Å². The molecule has 1 fully saturated rings. The fourth-order valence-corrected chi connectivity index (χ4v) is 3.37. The number of ether oxygens (including phenoxy) is 2. The number of benzene rings is 1. The Hall–Kier alpha value is -0.930. The third kappa shape index (κ3) is 2.41. The van der Waals surface area contributed by atoms with E-state index in [0.717, 1.165) is 18.1 Å². The first kappa shape index (κ1) is 14.5. The molecule has 1 aromatic carbocycles. The van der Waals surface area contributed by atoms with E-state index >= 15 is 0 Å². The van der Waals surface area contributed by atoms with Crippen LogP contribution in [0.25, 0.3) is 0 Å². The topological polar surface area (TPSA) is 21.7 Å². The summed E-state index contributed by atoms with van der Waals surface area (Å²) in [4.78, 5) is 2.43. The molecule has 0 radical (unpaired) electrons. The molecular formula is C15H22ClNO2. The highest BCUT2D eigenvalue weighted by Gasteiger charge is 2.38. The van der Waals surface area contributed by atoms with E-state index in [9.17, 15) is 0 Å². The van der Waals surface area contributed by atoms with Gasteiger partial charge in [0, 0.05) is 11.5 Å². The van der Waals surface area contributed by atoms with Crippen LogP contribution in [-0.4, -0.2) is 38.3 Å². The molecule has 106 valence electrons. The van der Waals surface area contributed by atoms with E-state index in [-0.39, 0.29) is 12.4 Å². The van der Waals surface area contributed by atoms with E-state index in [1.54, 1.807) is 7.11 Å². The first-order valence-electron chi connectivity index (χ1n) is 6.72. The van der Waals surface area contributed by atoms with Crippen molar-refractivity contribution in [3.8, 4) is 11.5 Å². The second-order valence-corrected chi connectivity index (χ2v) is 5.49. The van der Waals surface area contributed by atoms with E-state index in [1.807, 2.05) is 0 Å². The zero-order valence-corrected chi connectivity index (χ0v) is 12.6. The fourth-order valence-electron chi connectivity index (χ4n) is 3.37. The van der Waals surface area contributed by atoms with Gasteiger partial charge in [0.2, 0.25) is 0 Å². The molecule has 0 spiro atoms. The quantitative estimate of drug-likeness (QED) is 0.791. The van der Waals surface area contributed by atoms with Gasteiger partial charge < -0.3 is 9.47 Å². The standard InChI is InChI=1S/C15H21NO2.ClH/c1-10-7-13(17-3)15-11-5-4-6-16(2)12(11)9-18-14(15)8-10;/h7-8,11-12H,4-6,9H2,1-3H3;1H/t11-,12+;/m0./s1. The molecule has 2 atom stereocenters. The van der Waals surface area contributed by atoms with Crippen molar-refractivity contribution in [2.45, 2.75) is 31.7 Å². The van der Waals surface area contributed by atoms with Crippen molar-refractivity contribution in [2.24, 2.45) is 0 Å². The smallest absolute Gasteiger partial charge is 0.126 e. The second kappa shape index (κ2) is 5.59. The molecule has 0 aliphatic carbocycles. The summed E-state index contributed by atoms with van der Waals surface area (Å²) in [5.74, 6) is 2.58. The summed E-state index contributed by atoms with van der Waals surface area (Å²) >= 11 is 0.